The smallest absolute Gasteiger partial charge is 0.0900 e. The molecule has 0 aliphatic carbocycles. The predicted molar refractivity (Wildman–Crippen MR) is 81.5 cm³/mol. The number of aliphatic hydroxyl groups is 1. The van der Waals surface area contributed by atoms with Gasteiger partial charge in [-0.1, -0.05) is 6.07 Å². The first-order valence-electron chi connectivity index (χ1n) is 7.23. The van der Waals surface area contributed by atoms with E-state index in [1.165, 1.54) is 0 Å². The number of ether oxygens (including phenoxy) is 1. The monoisotopic (exact) mass is 280 g/mol. The molecule has 0 bridgehead atoms. The van der Waals surface area contributed by atoms with Crippen molar-refractivity contribution in [2.24, 2.45) is 0 Å². The van der Waals surface area contributed by atoms with E-state index in [1.54, 1.807) is 6.20 Å². The Balaban J connectivity index is 2.51. The summed E-state index contributed by atoms with van der Waals surface area (Å²) in [6.07, 6.45) is 3.16. The SMILES string of the molecule is CC(C)N(Cc1cccnc1)CC(O)COC(C)(C)C. The van der Waals surface area contributed by atoms with Crippen molar-refractivity contribution >= 4 is 0 Å². The normalized spacial score (nSPS) is 14.0. The summed E-state index contributed by atoms with van der Waals surface area (Å²) in [5.74, 6) is 0. The predicted octanol–water partition coefficient (Wildman–Crippen LogP) is 2.47. The van der Waals surface area contributed by atoms with Gasteiger partial charge in [0.05, 0.1) is 18.3 Å². The summed E-state index contributed by atoms with van der Waals surface area (Å²) >= 11 is 0. The van der Waals surface area contributed by atoms with Crippen molar-refractivity contribution in [3.63, 3.8) is 0 Å². The first-order valence-corrected chi connectivity index (χ1v) is 7.23. The van der Waals surface area contributed by atoms with Crippen LogP contribution in [-0.4, -0.2) is 45.9 Å². The maximum absolute atomic E-state index is 10.1. The lowest BCUT2D eigenvalue weighted by molar-refractivity contribution is -0.0587. The van der Waals surface area contributed by atoms with Gasteiger partial charge in [0.25, 0.3) is 0 Å². The van der Waals surface area contributed by atoms with Gasteiger partial charge in [-0.3, -0.25) is 9.88 Å². The molecule has 114 valence electrons. The van der Waals surface area contributed by atoms with Crippen LogP contribution in [-0.2, 0) is 11.3 Å². The molecule has 1 heterocycles. The van der Waals surface area contributed by atoms with Crippen LogP contribution < -0.4 is 0 Å². The molecule has 0 amide bonds. The maximum atomic E-state index is 10.1. The van der Waals surface area contributed by atoms with Gasteiger partial charge >= 0.3 is 0 Å². The average molecular weight is 280 g/mol. The molecular weight excluding hydrogens is 252 g/mol. The largest absolute Gasteiger partial charge is 0.389 e. The Kier molecular flexibility index (Phi) is 6.59. The number of rotatable bonds is 7. The van der Waals surface area contributed by atoms with E-state index in [9.17, 15) is 5.11 Å². The van der Waals surface area contributed by atoms with E-state index < -0.39 is 6.10 Å². The zero-order valence-corrected chi connectivity index (χ0v) is 13.3. The highest BCUT2D eigenvalue weighted by atomic mass is 16.5. The highest BCUT2D eigenvalue weighted by Gasteiger charge is 2.18. The zero-order valence-electron chi connectivity index (χ0n) is 13.3. The Labute approximate surface area is 122 Å². The van der Waals surface area contributed by atoms with E-state index in [2.05, 4.69) is 29.8 Å². The number of aromatic nitrogens is 1. The van der Waals surface area contributed by atoms with Gasteiger partial charge < -0.3 is 9.84 Å². The molecule has 0 aliphatic rings. The van der Waals surface area contributed by atoms with Crippen molar-refractivity contribution in [2.75, 3.05) is 13.2 Å². The summed E-state index contributed by atoms with van der Waals surface area (Å²) in [5, 5.41) is 10.1. The number of nitrogens with zero attached hydrogens (tertiary/aromatic N) is 2. The Bertz CT molecular complexity index is 374. The molecule has 1 unspecified atom stereocenters. The second-order valence-corrected chi connectivity index (χ2v) is 6.46. The van der Waals surface area contributed by atoms with Crippen molar-refractivity contribution < 1.29 is 9.84 Å². The first kappa shape index (κ1) is 17.1. The van der Waals surface area contributed by atoms with Crippen molar-refractivity contribution in [3.05, 3.63) is 30.1 Å². The van der Waals surface area contributed by atoms with E-state index in [4.69, 9.17) is 4.74 Å². The van der Waals surface area contributed by atoms with Crippen molar-refractivity contribution in [1.82, 2.24) is 9.88 Å². The zero-order chi connectivity index (χ0) is 15.2. The van der Waals surface area contributed by atoms with E-state index in [0.717, 1.165) is 12.1 Å². The molecule has 0 fully saturated rings. The summed E-state index contributed by atoms with van der Waals surface area (Å²) in [6.45, 7) is 12.0. The van der Waals surface area contributed by atoms with Gasteiger partial charge in [-0.05, 0) is 46.2 Å². The molecule has 0 spiro atoms. The van der Waals surface area contributed by atoms with Gasteiger partial charge in [0.2, 0.25) is 0 Å². The second-order valence-electron chi connectivity index (χ2n) is 6.46. The molecule has 4 nitrogen and oxygen atoms in total. The molecule has 20 heavy (non-hydrogen) atoms. The molecule has 0 aromatic carbocycles. The number of aliphatic hydroxyl groups excluding tert-OH is 1. The van der Waals surface area contributed by atoms with Crippen LogP contribution in [0.15, 0.2) is 24.5 Å². The first-order chi connectivity index (χ1) is 9.28. The molecule has 0 aliphatic heterocycles. The minimum atomic E-state index is -0.478. The lowest BCUT2D eigenvalue weighted by Gasteiger charge is -2.30. The van der Waals surface area contributed by atoms with Crippen molar-refractivity contribution in [1.29, 1.82) is 0 Å². The van der Waals surface area contributed by atoms with Gasteiger partial charge in [-0.2, -0.15) is 0 Å². The van der Waals surface area contributed by atoms with Crippen molar-refractivity contribution in [3.8, 4) is 0 Å². The van der Waals surface area contributed by atoms with Crippen LogP contribution in [0.2, 0.25) is 0 Å². The quantitative estimate of drug-likeness (QED) is 0.833. The van der Waals surface area contributed by atoms with E-state index in [1.807, 2.05) is 33.0 Å². The molecule has 1 atom stereocenters. The van der Waals surface area contributed by atoms with E-state index in [-0.39, 0.29) is 5.60 Å². The van der Waals surface area contributed by atoms with Crippen LogP contribution in [0.3, 0.4) is 0 Å². The van der Waals surface area contributed by atoms with Crippen LogP contribution in [0, 0.1) is 0 Å². The molecule has 1 N–H and O–H groups in total. The molecule has 1 rings (SSSR count). The van der Waals surface area contributed by atoms with Crippen LogP contribution >= 0.6 is 0 Å². The van der Waals surface area contributed by atoms with Gasteiger partial charge in [0.15, 0.2) is 0 Å². The summed E-state index contributed by atoms with van der Waals surface area (Å²) in [4.78, 5) is 6.36. The standard InChI is InChI=1S/C16H28N2O2/c1-13(2)18(10-14-7-6-8-17-9-14)11-15(19)12-20-16(3,4)5/h6-9,13,15,19H,10-12H2,1-5H3. The fraction of sp³-hybridized carbons (Fsp3) is 0.688. The third-order valence-electron chi connectivity index (χ3n) is 2.99. The lowest BCUT2D eigenvalue weighted by Crippen LogP contribution is -2.40. The summed E-state index contributed by atoms with van der Waals surface area (Å²) in [5.41, 5.74) is 0.942. The third-order valence-corrected chi connectivity index (χ3v) is 2.99. The van der Waals surface area contributed by atoms with Crippen LogP contribution in [0.25, 0.3) is 0 Å². The lowest BCUT2D eigenvalue weighted by atomic mass is 10.2. The third kappa shape index (κ3) is 6.98. The minimum Gasteiger partial charge on any atom is -0.389 e. The fourth-order valence-corrected chi connectivity index (χ4v) is 1.85. The average Bonchev–Trinajstić information content (AvgIpc) is 2.36. The van der Waals surface area contributed by atoms with Gasteiger partial charge in [0.1, 0.15) is 0 Å². The summed E-state index contributed by atoms with van der Waals surface area (Å²) in [6, 6.07) is 4.35. The summed E-state index contributed by atoms with van der Waals surface area (Å²) in [7, 11) is 0. The Morgan fingerprint density at radius 2 is 2.05 bits per heavy atom. The molecule has 0 saturated carbocycles. The Hall–Kier alpha value is -0.970. The van der Waals surface area contributed by atoms with Crippen LogP contribution in [0.4, 0.5) is 0 Å². The Morgan fingerprint density at radius 1 is 1.35 bits per heavy atom. The second kappa shape index (κ2) is 7.72. The number of pyridine rings is 1. The molecule has 0 saturated heterocycles. The van der Waals surface area contributed by atoms with E-state index in [0.29, 0.717) is 19.2 Å². The Morgan fingerprint density at radius 3 is 2.55 bits per heavy atom. The van der Waals surface area contributed by atoms with Crippen LogP contribution in [0.5, 0.6) is 0 Å². The maximum Gasteiger partial charge on any atom is 0.0900 e. The topological polar surface area (TPSA) is 45.6 Å². The highest BCUT2D eigenvalue weighted by molar-refractivity contribution is 5.08. The van der Waals surface area contributed by atoms with E-state index >= 15 is 0 Å². The molecular formula is C16H28N2O2. The minimum absolute atomic E-state index is 0.215. The highest BCUT2D eigenvalue weighted by Crippen LogP contribution is 2.11. The number of hydrogen-bond donors (Lipinski definition) is 1. The van der Waals surface area contributed by atoms with Gasteiger partial charge in [-0.15, -0.1) is 0 Å². The van der Waals surface area contributed by atoms with Gasteiger partial charge in [0, 0.05) is 31.5 Å². The number of hydrogen-bond acceptors (Lipinski definition) is 4. The molecule has 1 aromatic heterocycles. The molecule has 0 radical (unpaired) electrons. The summed E-state index contributed by atoms with van der Waals surface area (Å²) < 4.78 is 5.63. The molecule has 4 heteroatoms. The molecule has 1 aromatic rings. The van der Waals surface area contributed by atoms with Crippen LogP contribution in [0.1, 0.15) is 40.2 Å². The van der Waals surface area contributed by atoms with Gasteiger partial charge in [-0.25, -0.2) is 0 Å². The fourth-order valence-electron chi connectivity index (χ4n) is 1.85. The van der Waals surface area contributed by atoms with Crippen molar-refractivity contribution in [2.45, 2.75) is 58.9 Å².